The number of β-lactam (4-membered cyclic amide) rings is 1. The molecule has 3 heterocycles. The summed E-state index contributed by atoms with van der Waals surface area (Å²) in [6, 6.07) is 3.38. The fourth-order valence-electron chi connectivity index (χ4n) is 5.19. The Morgan fingerprint density at radius 2 is 1.66 bits per heavy atom. The molecule has 0 bridgehead atoms. The number of fused-ring (bicyclic) bond motifs is 1. The molecule has 4 rings (SSSR count). The predicted molar refractivity (Wildman–Crippen MR) is 140 cm³/mol. The number of amides is 3. The third kappa shape index (κ3) is 4.59. The second kappa shape index (κ2) is 9.55. The number of nitrogens with zero attached hydrogens (tertiary/aromatic N) is 2. The lowest BCUT2D eigenvalue weighted by molar-refractivity contribution is -0.192. The summed E-state index contributed by atoms with van der Waals surface area (Å²) in [5, 5.41) is -0.143. The molecule has 0 aromatic heterocycles. The predicted octanol–water partition coefficient (Wildman–Crippen LogP) is 2.97. The van der Waals surface area contributed by atoms with E-state index in [9.17, 15) is 19.2 Å². The molecule has 2 saturated heterocycles. The minimum absolute atomic E-state index is 0.118. The quantitative estimate of drug-likeness (QED) is 0.222. The fraction of sp³-hybridized carbons (Fsp3) is 0.630. The van der Waals surface area contributed by atoms with Gasteiger partial charge in [-0.1, -0.05) is 32.9 Å². The molecule has 2 fully saturated rings. The van der Waals surface area contributed by atoms with Gasteiger partial charge in [-0.15, -0.1) is 0 Å². The van der Waals surface area contributed by atoms with Crippen LogP contribution in [0.5, 0.6) is 0 Å². The summed E-state index contributed by atoms with van der Waals surface area (Å²) in [5.74, 6) is -3.22. The molecule has 11 heteroatoms. The number of rotatable bonds is 7. The van der Waals surface area contributed by atoms with Crippen molar-refractivity contribution in [1.82, 2.24) is 9.80 Å². The third-order valence-corrected chi connectivity index (χ3v) is 12.7. The van der Waals surface area contributed by atoms with Crippen LogP contribution < -0.4 is 0 Å². The first-order valence-electron chi connectivity index (χ1n) is 12.9. The van der Waals surface area contributed by atoms with Crippen molar-refractivity contribution >= 4 is 32.0 Å². The van der Waals surface area contributed by atoms with Crippen molar-refractivity contribution in [3.8, 4) is 0 Å². The Bertz CT molecular complexity index is 1120. The number of ether oxygens (including phenoxy) is 3. The average Bonchev–Trinajstić information content (AvgIpc) is 3.30. The summed E-state index contributed by atoms with van der Waals surface area (Å²) in [6.07, 6.45) is -1.41. The van der Waals surface area contributed by atoms with Crippen molar-refractivity contribution in [1.29, 1.82) is 0 Å². The van der Waals surface area contributed by atoms with Gasteiger partial charge in [0.05, 0.1) is 37.0 Å². The van der Waals surface area contributed by atoms with Gasteiger partial charge in [-0.05, 0) is 51.0 Å². The van der Waals surface area contributed by atoms with Crippen LogP contribution in [0, 0.1) is 0 Å². The van der Waals surface area contributed by atoms with Gasteiger partial charge in [0.1, 0.15) is 12.1 Å². The molecule has 38 heavy (non-hydrogen) atoms. The minimum atomic E-state index is -2.35. The van der Waals surface area contributed by atoms with E-state index in [0.717, 1.165) is 4.90 Å². The molecule has 208 valence electrons. The van der Waals surface area contributed by atoms with E-state index >= 15 is 0 Å². The number of hydrogen-bond acceptors (Lipinski definition) is 8. The molecule has 1 aromatic rings. The van der Waals surface area contributed by atoms with Gasteiger partial charge in [-0.2, -0.15) is 0 Å². The van der Waals surface area contributed by atoms with Gasteiger partial charge in [0.25, 0.3) is 11.8 Å². The van der Waals surface area contributed by atoms with Gasteiger partial charge >= 0.3 is 5.97 Å². The minimum Gasteiger partial charge on any atom is -0.467 e. The molecule has 3 aliphatic heterocycles. The molecule has 0 saturated carbocycles. The highest BCUT2D eigenvalue weighted by molar-refractivity contribution is 6.74. The number of carbonyl (C=O) groups excluding carboxylic acids is 4. The highest BCUT2D eigenvalue weighted by atomic mass is 28.4. The lowest BCUT2D eigenvalue weighted by Crippen LogP contribution is -2.79. The van der Waals surface area contributed by atoms with E-state index in [2.05, 4.69) is 33.9 Å². The van der Waals surface area contributed by atoms with E-state index in [1.807, 2.05) is 0 Å². The van der Waals surface area contributed by atoms with Gasteiger partial charge in [-0.25, -0.2) is 4.79 Å². The molecule has 10 nitrogen and oxygen atoms in total. The normalized spacial score (nSPS) is 26.8. The van der Waals surface area contributed by atoms with Crippen LogP contribution in [0.1, 0.15) is 62.3 Å². The van der Waals surface area contributed by atoms with Gasteiger partial charge in [-0.3, -0.25) is 19.3 Å². The van der Waals surface area contributed by atoms with Crippen LogP contribution in [-0.2, 0) is 28.2 Å². The Morgan fingerprint density at radius 3 is 2.11 bits per heavy atom. The second-order valence-corrected chi connectivity index (χ2v) is 16.9. The molecule has 1 aromatic carbocycles. The Hall–Kier alpha value is -2.60. The van der Waals surface area contributed by atoms with E-state index in [-0.39, 0.29) is 22.8 Å². The molecule has 0 unspecified atom stereocenters. The van der Waals surface area contributed by atoms with Gasteiger partial charge < -0.3 is 23.5 Å². The first-order chi connectivity index (χ1) is 17.5. The average molecular weight is 547 g/mol. The summed E-state index contributed by atoms with van der Waals surface area (Å²) in [4.78, 5) is 56.1. The van der Waals surface area contributed by atoms with Crippen LogP contribution in [0.2, 0.25) is 18.1 Å². The summed E-state index contributed by atoms with van der Waals surface area (Å²) in [6.45, 7) is 15.7. The highest BCUT2D eigenvalue weighted by Gasteiger charge is 2.64. The van der Waals surface area contributed by atoms with Gasteiger partial charge in [0, 0.05) is 0 Å². The Morgan fingerprint density at radius 1 is 1.11 bits per heavy atom. The first kappa shape index (κ1) is 28.4. The lowest BCUT2D eigenvalue weighted by Gasteiger charge is -2.55. The largest absolute Gasteiger partial charge is 0.467 e. The van der Waals surface area contributed by atoms with E-state index < -0.39 is 68.1 Å². The summed E-state index contributed by atoms with van der Waals surface area (Å²) < 4.78 is 23.6. The molecular formula is C27H38N2O8Si. The lowest BCUT2D eigenvalue weighted by atomic mass is 9.85. The molecule has 3 amide bonds. The molecule has 0 radical (unpaired) electrons. The Kier molecular flexibility index (Phi) is 7.14. The van der Waals surface area contributed by atoms with Crippen LogP contribution in [0.3, 0.4) is 0 Å². The van der Waals surface area contributed by atoms with E-state index in [1.165, 1.54) is 12.0 Å². The molecule has 0 N–H and O–H groups in total. The maximum Gasteiger partial charge on any atom is 0.331 e. The van der Waals surface area contributed by atoms with Crippen molar-refractivity contribution in [3.63, 3.8) is 0 Å². The Balaban J connectivity index is 1.73. The van der Waals surface area contributed by atoms with Crippen LogP contribution >= 0.6 is 0 Å². The van der Waals surface area contributed by atoms with E-state index in [1.54, 1.807) is 45.0 Å². The maximum absolute atomic E-state index is 13.9. The third-order valence-electron chi connectivity index (χ3n) is 8.14. The highest BCUT2D eigenvalue weighted by Crippen LogP contribution is 2.42. The van der Waals surface area contributed by atoms with Crippen LogP contribution in [-0.4, -0.2) is 91.6 Å². The van der Waals surface area contributed by atoms with E-state index in [4.69, 9.17) is 18.6 Å². The number of carbonyl (C=O) groups is 4. The van der Waals surface area contributed by atoms with Crippen molar-refractivity contribution in [2.45, 2.75) is 95.8 Å². The van der Waals surface area contributed by atoms with Crippen molar-refractivity contribution in [2.24, 2.45) is 0 Å². The SMILES string of the molecule is COC(=O)[C@@H]([C@H](C)O[Si](C)(C)C(C)(C)C)N1C(=O)[C@@H](N2C(=O)c3ccccc3C2=O)[C@H]1[C@@H]1COC(C)(C)O1. The van der Waals surface area contributed by atoms with Crippen molar-refractivity contribution in [2.75, 3.05) is 13.7 Å². The number of esters is 1. The smallest absolute Gasteiger partial charge is 0.331 e. The summed E-state index contributed by atoms with van der Waals surface area (Å²) >= 11 is 0. The zero-order valence-corrected chi connectivity index (χ0v) is 24.6. The molecule has 5 atom stereocenters. The van der Waals surface area contributed by atoms with E-state index in [0.29, 0.717) is 0 Å². The molecule has 0 spiro atoms. The Labute approximate surface area is 224 Å². The van der Waals surface area contributed by atoms with Crippen LogP contribution in [0.25, 0.3) is 0 Å². The summed E-state index contributed by atoms with van der Waals surface area (Å²) in [7, 11) is -1.09. The fourth-order valence-corrected chi connectivity index (χ4v) is 6.60. The second-order valence-electron chi connectivity index (χ2n) is 12.1. The number of methoxy groups -OCH3 is 1. The zero-order chi connectivity index (χ0) is 28.4. The summed E-state index contributed by atoms with van der Waals surface area (Å²) in [5.41, 5.74) is 0.483. The van der Waals surface area contributed by atoms with Crippen LogP contribution in [0.4, 0.5) is 0 Å². The maximum atomic E-state index is 13.9. The van der Waals surface area contributed by atoms with Crippen LogP contribution in [0.15, 0.2) is 24.3 Å². The van der Waals surface area contributed by atoms with Crippen molar-refractivity contribution < 1.29 is 37.8 Å². The standard InChI is InChI=1S/C27H38N2O8Si/c1-15(37-38(8,9)26(2,3)4)19(25(33)34-7)28-20(18-14-35-27(5,6)36-18)21(24(28)32)29-22(30)16-12-10-11-13-17(16)23(29)31/h10-13,15,18-21H,14H2,1-9H3/t15-,18-,19+,20+,21-/m0/s1. The van der Waals surface area contributed by atoms with Crippen molar-refractivity contribution in [3.05, 3.63) is 35.4 Å². The topological polar surface area (TPSA) is 112 Å². The van der Waals surface area contributed by atoms with Gasteiger partial charge in [0.15, 0.2) is 20.1 Å². The number of benzene rings is 1. The molecule has 3 aliphatic rings. The monoisotopic (exact) mass is 546 g/mol. The zero-order valence-electron chi connectivity index (χ0n) is 23.6. The molecular weight excluding hydrogens is 508 g/mol. The van der Waals surface area contributed by atoms with Gasteiger partial charge in [0.2, 0.25) is 5.91 Å². The number of likely N-dealkylation sites (tertiary alicyclic amines) is 1. The molecule has 0 aliphatic carbocycles. The first-order valence-corrected chi connectivity index (χ1v) is 15.8. The number of imide groups is 1. The number of hydrogen-bond donors (Lipinski definition) is 0.